The Labute approximate surface area is 144 Å². The lowest BCUT2D eigenvalue weighted by atomic mass is 10.1. The molecule has 0 aromatic heterocycles. The second kappa shape index (κ2) is 8.55. The molecule has 8 nitrogen and oxygen atoms in total. The van der Waals surface area contributed by atoms with Gasteiger partial charge in [0.05, 0.1) is 23.7 Å². The van der Waals surface area contributed by atoms with Gasteiger partial charge in [0.15, 0.2) is 15.8 Å². The molecular formula is C15H30N4O4S. The van der Waals surface area contributed by atoms with Gasteiger partial charge in [-0.15, -0.1) is 0 Å². The highest BCUT2D eigenvalue weighted by Crippen LogP contribution is 2.15. The molecule has 3 N–H and O–H groups in total. The van der Waals surface area contributed by atoms with E-state index in [9.17, 15) is 13.2 Å². The Hall–Kier alpha value is -1.51. The maximum atomic E-state index is 12.0. The fourth-order valence-electron chi connectivity index (χ4n) is 2.27. The molecule has 9 heteroatoms. The van der Waals surface area contributed by atoms with Gasteiger partial charge in [0.1, 0.15) is 0 Å². The van der Waals surface area contributed by atoms with Crippen LogP contribution in [0.4, 0.5) is 4.79 Å². The number of nitrogens with zero attached hydrogens (tertiary/aromatic N) is 2. The number of carbonyl (C=O) groups is 1. The highest BCUT2D eigenvalue weighted by atomic mass is 32.2. The number of guanidine groups is 1. The van der Waals surface area contributed by atoms with E-state index in [0.29, 0.717) is 19.7 Å². The summed E-state index contributed by atoms with van der Waals surface area (Å²) in [5.74, 6) is 0.217. The van der Waals surface area contributed by atoms with Crippen molar-refractivity contribution in [3.05, 3.63) is 0 Å². The van der Waals surface area contributed by atoms with Crippen molar-refractivity contribution in [2.75, 3.05) is 32.0 Å². The number of nitrogens with one attached hydrogen (secondary N) is 1. The first kappa shape index (κ1) is 20.5. The zero-order valence-corrected chi connectivity index (χ0v) is 15.9. The van der Waals surface area contributed by atoms with Gasteiger partial charge < -0.3 is 20.7 Å². The third kappa shape index (κ3) is 6.18. The summed E-state index contributed by atoms with van der Waals surface area (Å²) >= 11 is 0. The smallest absolute Gasteiger partial charge is 0.409 e. The van der Waals surface area contributed by atoms with E-state index in [1.807, 2.05) is 0 Å². The number of carbonyl (C=O) groups excluding carboxylic acids is 1. The maximum Gasteiger partial charge on any atom is 0.409 e. The standard InChI is InChI=1S/C15H30N4O4S/c1-5-23-14(20)19-9-6-12(7-10-19)18-13(16)17-8-11-24(21,22)15(2,3)4/h12H,5-11H2,1-4H3,(H3,16,17,18). The number of hydrogen-bond acceptors (Lipinski definition) is 5. The van der Waals surface area contributed by atoms with Crippen LogP contribution in [0.25, 0.3) is 0 Å². The molecule has 1 fully saturated rings. The molecular weight excluding hydrogens is 332 g/mol. The zero-order valence-electron chi connectivity index (χ0n) is 15.0. The van der Waals surface area contributed by atoms with Crippen LogP contribution in [0.5, 0.6) is 0 Å². The minimum Gasteiger partial charge on any atom is -0.450 e. The second-order valence-electron chi connectivity index (χ2n) is 6.80. The van der Waals surface area contributed by atoms with E-state index >= 15 is 0 Å². The molecule has 0 radical (unpaired) electrons. The number of amides is 1. The van der Waals surface area contributed by atoms with E-state index in [4.69, 9.17) is 10.5 Å². The molecule has 24 heavy (non-hydrogen) atoms. The Morgan fingerprint density at radius 2 is 1.92 bits per heavy atom. The summed E-state index contributed by atoms with van der Waals surface area (Å²) in [5.41, 5.74) is 5.82. The highest BCUT2D eigenvalue weighted by Gasteiger charge is 2.28. The van der Waals surface area contributed by atoms with Crippen LogP contribution in [0.2, 0.25) is 0 Å². The van der Waals surface area contributed by atoms with Gasteiger partial charge in [0.25, 0.3) is 0 Å². The summed E-state index contributed by atoms with van der Waals surface area (Å²) in [6, 6.07) is 0.124. The van der Waals surface area contributed by atoms with Crippen LogP contribution in [0.15, 0.2) is 4.99 Å². The van der Waals surface area contributed by atoms with Crippen molar-refractivity contribution >= 4 is 21.9 Å². The lowest BCUT2D eigenvalue weighted by Crippen LogP contribution is -2.48. The van der Waals surface area contributed by atoms with Crippen LogP contribution < -0.4 is 11.1 Å². The van der Waals surface area contributed by atoms with Crippen molar-refractivity contribution in [3.8, 4) is 0 Å². The van der Waals surface area contributed by atoms with Crippen LogP contribution in [0.1, 0.15) is 40.5 Å². The number of sulfone groups is 1. The fourth-order valence-corrected chi connectivity index (χ4v) is 3.21. The van der Waals surface area contributed by atoms with E-state index in [2.05, 4.69) is 10.3 Å². The first-order valence-corrected chi connectivity index (χ1v) is 9.92. The van der Waals surface area contributed by atoms with E-state index in [0.717, 1.165) is 12.8 Å². The summed E-state index contributed by atoms with van der Waals surface area (Å²) in [5, 5.41) is 3.09. The molecule has 1 amide bonds. The minimum absolute atomic E-state index is 0.0276. The van der Waals surface area contributed by atoms with E-state index < -0.39 is 14.6 Å². The first-order valence-electron chi connectivity index (χ1n) is 8.27. The Balaban J connectivity index is 2.39. The molecule has 0 aliphatic carbocycles. The van der Waals surface area contributed by atoms with Gasteiger partial charge in [-0.05, 0) is 40.5 Å². The Morgan fingerprint density at radius 1 is 1.33 bits per heavy atom. The number of rotatable bonds is 5. The van der Waals surface area contributed by atoms with Crippen molar-refractivity contribution in [3.63, 3.8) is 0 Å². The van der Waals surface area contributed by atoms with Crippen LogP contribution in [0.3, 0.4) is 0 Å². The van der Waals surface area contributed by atoms with Crippen molar-refractivity contribution in [1.82, 2.24) is 10.2 Å². The summed E-state index contributed by atoms with van der Waals surface area (Å²) in [6.07, 6.45) is 1.20. The number of hydrogen-bond donors (Lipinski definition) is 2. The molecule has 0 aromatic carbocycles. The Morgan fingerprint density at radius 3 is 2.42 bits per heavy atom. The summed E-state index contributed by atoms with van der Waals surface area (Å²) < 4.78 is 28.2. The predicted octanol–water partition coefficient (Wildman–Crippen LogP) is 0.725. The summed E-state index contributed by atoms with van der Waals surface area (Å²) in [7, 11) is -3.20. The average molecular weight is 362 g/mol. The van der Waals surface area contributed by atoms with Crippen LogP contribution in [-0.2, 0) is 14.6 Å². The van der Waals surface area contributed by atoms with Gasteiger partial charge in [-0.1, -0.05) is 0 Å². The average Bonchev–Trinajstić information content (AvgIpc) is 2.46. The SMILES string of the molecule is CCOC(=O)N1CCC(NC(N)=NCCS(=O)(=O)C(C)(C)C)CC1. The third-order valence-corrected chi connectivity index (χ3v) is 6.53. The number of aliphatic imine (C=N–C) groups is 1. The fraction of sp³-hybridized carbons (Fsp3) is 0.867. The van der Waals surface area contributed by atoms with Gasteiger partial charge in [0, 0.05) is 19.1 Å². The van der Waals surface area contributed by atoms with Gasteiger partial charge in [0.2, 0.25) is 0 Å². The molecule has 1 rings (SSSR count). The molecule has 1 aliphatic rings. The van der Waals surface area contributed by atoms with Gasteiger partial charge >= 0.3 is 6.09 Å². The molecule has 0 atom stereocenters. The van der Waals surface area contributed by atoms with Crippen molar-refractivity contribution in [2.45, 2.75) is 51.3 Å². The number of ether oxygens (including phenoxy) is 1. The van der Waals surface area contributed by atoms with Crippen LogP contribution in [0, 0.1) is 0 Å². The van der Waals surface area contributed by atoms with E-state index in [-0.39, 0.29) is 30.4 Å². The molecule has 140 valence electrons. The number of likely N-dealkylation sites (tertiary alicyclic amines) is 1. The second-order valence-corrected chi connectivity index (χ2v) is 9.67. The van der Waals surface area contributed by atoms with Gasteiger partial charge in [-0.3, -0.25) is 4.99 Å². The molecule has 1 aliphatic heterocycles. The molecule has 0 unspecified atom stereocenters. The first-order chi connectivity index (χ1) is 11.1. The lowest BCUT2D eigenvalue weighted by Gasteiger charge is -2.31. The lowest BCUT2D eigenvalue weighted by molar-refractivity contribution is 0.0963. The molecule has 1 heterocycles. The monoisotopic (exact) mass is 362 g/mol. The highest BCUT2D eigenvalue weighted by molar-refractivity contribution is 7.92. The molecule has 0 aromatic rings. The Bertz CT molecular complexity index is 546. The van der Waals surface area contributed by atoms with E-state index in [1.54, 1.807) is 32.6 Å². The molecule has 0 spiro atoms. The number of piperidine rings is 1. The van der Waals surface area contributed by atoms with Crippen LogP contribution >= 0.6 is 0 Å². The van der Waals surface area contributed by atoms with Gasteiger partial charge in [-0.25, -0.2) is 13.2 Å². The van der Waals surface area contributed by atoms with Crippen molar-refractivity contribution < 1.29 is 17.9 Å². The molecule has 0 bridgehead atoms. The van der Waals surface area contributed by atoms with E-state index in [1.165, 1.54) is 0 Å². The van der Waals surface area contributed by atoms with Gasteiger partial charge in [-0.2, -0.15) is 0 Å². The van der Waals surface area contributed by atoms with Crippen molar-refractivity contribution in [1.29, 1.82) is 0 Å². The predicted molar refractivity (Wildman–Crippen MR) is 94.8 cm³/mol. The quantitative estimate of drug-likeness (QED) is 0.550. The minimum atomic E-state index is -3.20. The summed E-state index contributed by atoms with van der Waals surface area (Å²) in [4.78, 5) is 17.4. The van der Waals surface area contributed by atoms with Crippen LogP contribution in [-0.4, -0.2) is 68.2 Å². The topological polar surface area (TPSA) is 114 Å². The maximum absolute atomic E-state index is 12.0. The molecule has 1 saturated heterocycles. The number of nitrogens with two attached hydrogens (primary N) is 1. The largest absolute Gasteiger partial charge is 0.450 e. The molecule has 0 saturated carbocycles. The third-order valence-electron chi connectivity index (χ3n) is 3.95. The summed E-state index contributed by atoms with van der Waals surface area (Å²) in [6.45, 7) is 8.50. The van der Waals surface area contributed by atoms with Crippen molar-refractivity contribution in [2.24, 2.45) is 10.7 Å². The zero-order chi connectivity index (χ0) is 18.4. The Kier molecular flexibility index (Phi) is 7.31. The normalized spacial score (nSPS) is 17.7.